The summed E-state index contributed by atoms with van der Waals surface area (Å²) in [6.45, 7) is 8.60. The molecule has 0 saturated heterocycles. The summed E-state index contributed by atoms with van der Waals surface area (Å²) in [6, 6.07) is 5.36. The van der Waals surface area contributed by atoms with Gasteiger partial charge in [-0.05, 0) is 51.8 Å². The van der Waals surface area contributed by atoms with E-state index in [1.165, 1.54) is 0 Å². The van der Waals surface area contributed by atoms with Gasteiger partial charge in [-0.2, -0.15) is 0 Å². The summed E-state index contributed by atoms with van der Waals surface area (Å²) < 4.78 is 21.1. The Morgan fingerprint density at radius 1 is 0.833 bits per heavy atom. The maximum absolute atomic E-state index is 12.1. The number of esters is 2. The van der Waals surface area contributed by atoms with Crippen molar-refractivity contribution in [3.8, 4) is 11.5 Å². The molecule has 1 rings (SSSR count). The van der Waals surface area contributed by atoms with Gasteiger partial charge in [0, 0.05) is 0 Å². The minimum Gasteiger partial charge on any atom is -0.490 e. The molecule has 1 aromatic carbocycles. The standard InChI is InChI=1S/C18H26O6/c1-5-21-15-10-9-13(12-16(15)22-6-2)11-14(17(19)23-7-3)18(20)24-8-4/h9-10,12,14H,5-8,11H2,1-4H3. The first-order chi connectivity index (χ1) is 11.6. The van der Waals surface area contributed by atoms with E-state index in [0.717, 1.165) is 5.56 Å². The third-order valence-electron chi connectivity index (χ3n) is 3.19. The van der Waals surface area contributed by atoms with E-state index < -0.39 is 17.9 Å². The fourth-order valence-electron chi connectivity index (χ4n) is 2.21. The van der Waals surface area contributed by atoms with Crippen LogP contribution < -0.4 is 9.47 Å². The quantitative estimate of drug-likeness (QED) is 0.482. The van der Waals surface area contributed by atoms with Gasteiger partial charge in [0.15, 0.2) is 17.4 Å². The molecule has 0 aromatic heterocycles. The van der Waals surface area contributed by atoms with Crippen molar-refractivity contribution in [2.75, 3.05) is 26.4 Å². The lowest BCUT2D eigenvalue weighted by molar-refractivity contribution is -0.161. The number of benzene rings is 1. The summed E-state index contributed by atoms with van der Waals surface area (Å²) >= 11 is 0. The van der Waals surface area contributed by atoms with Crippen molar-refractivity contribution in [3.63, 3.8) is 0 Å². The first-order valence-corrected chi connectivity index (χ1v) is 8.29. The van der Waals surface area contributed by atoms with E-state index in [4.69, 9.17) is 18.9 Å². The second-order valence-electron chi connectivity index (χ2n) is 4.91. The monoisotopic (exact) mass is 338 g/mol. The Morgan fingerprint density at radius 2 is 1.38 bits per heavy atom. The van der Waals surface area contributed by atoms with Gasteiger partial charge < -0.3 is 18.9 Å². The fraction of sp³-hybridized carbons (Fsp3) is 0.556. The second kappa shape index (κ2) is 10.5. The summed E-state index contributed by atoms with van der Waals surface area (Å²) in [5.41, 5.74) is 0.771. The Bertz CT molecular complexity index is 522. The van der Waals surface area contributed by atoms with Gasteiger partial charge in [0.25, 0.3) is 0 Å². The van der Waals surface area contributed by atoms with Crippen molar-refractivity contribution in [2.45, 2.75) is 34.1 Å². The average Bonchev–Trinajstić information content (AvgIpc) is 2.55. The van der Waals surface area contributed by atoms with E-state index >= 15 is 0 Å². The van der Waals surface area contributed by atoms with Gasteiger partial charge in [0.2, 0.25) is 0 Å². The van der Waals surface area contributed by atoms with Crippen molar-refractivity contribution >= 4 is 11.9 Å². The number of rotatable bonds is 10. The molecule has 0 N–H and O–H groups in total. The Kier molecular flexibility index (Phi) is 8.68. The molecule has 0 saturated carbocycles. The molecule has 24 heavy (non-hydrogen) atoms. The van der Waals surface area contributed by atoms with Gasteiger partial charge in [0.1, 0.15) is 0 Å². The van der Waals surface area contributed by atoms with Gasteiger partial charge in [-0.25, -0.2) is 0 Å². The van der Waals surface area contributed by atoms with Crippen LogP contribution in [0.15, 0.2) is 18.2 Å². The van der Waals surface area contributed by atoms with Crippen molar-refractivity contribution in [1.82, 2.24) is 0 Å². The third kappa shape index (κ3) is 5.76. The second-order valence-corrected chi connectivity index (χ2v) is 4.91. The van der Waals surface area contributed by atoms with Crippen LogP contribution >= 0.6 is 0 Å². The number of carbonyl (C=O) groups excluding carboxylic acids is 2. The first kappa shape index (κ1) is 19.8. The van der Waals surface area contributed by atoms with Crippen LogP contribution in [-0.4, -0.2) is 38.4 Å². The lowest BCUT2D eigenvalue weighted by Gasteiger charge is -2.16. The molecule has 0 atom stereocenters. The summed E-state index contributed by atoms with van der Waals surface area (Å²) in [7, 11) is 0. The fourth-order valence-corrected chi connectivity index (χ4v) is 2.21. The van der Waals surface area contributed by atoms with Crippen LogP contribution in [0.3, 0.4) is 0 Å². The lowest BCUT2D eigenvalue weighted by atomic mass is 9.99. The maximum Gasteiger partial charge on any atom is 0.320 e. The normalized spacial score (nSPS) is 10.4. The molecular formula is C18H26O6. The maximum atomic E-state index is 12.1. The predicted molar refractivity (Wildman–Crippen MR) is 89.2 cm³/mol. The van der Waals surface area contributed by atoms with Crippen LogP contribution in [0.5, 0.6) is 11.5 Å². The highest BCUT2D eigenvalue weighted by Gasteiger charge is 2.30. The SMILES string of the molecule is CCOC(=O)C(Cc1ccc(OCC)c(OCC)c1)C(=O)OCC. The molecule has 0 fully saturated rings. The van der Waals surface area contributed by atoms with Crippen LogP contribution in [-0.2, 0) is 25.5 Å². The molecule has 6 nitrogen and oxygen atoms in total. The van der Waals surface area contributed by atoms with E-state index in [9.17, 15) is 9.59 Å². The summed E-state index contributed by atoms with van der Waals surface area (Å²) in [4.78, 5) is 24.1. The summed E-state index contributed by atoms with van der Waals surface area (Å²) in [6.07, 6.45) is 0.185. The zero-order chi connectivity index (χ0) is 17.9. The molecule has 0 aliphatic heterocycles. The molecule has 1 aromatic rings. The van der Waals surface area contributed by atoms with Crippen molar-refractivity contribution in [1.29, 1.82) is 0 Å². The molecule has 6 heteroatoms. The van der Waals surface area contributed by atoms with Crippen LogP contribution in [0.2, 0.25) is 0 Å². The van der Waals surface area contributed by atoms with Gasteiger partial charge >= 0.3 is 11.9 Å². The van der Waals surface area contributed by atoms with E-state index in [1.54, 1.807) is 32.0 Å². The first-order valence-electron chi connectivity index (χ1n) is 8.29. The predicted octanol–water partition coefficient (Wildman–Crippen LogP) is 2.77. The van der Waals surface area contributed by atoms with Crippen LogP contribution in [0, 0.1) is 5.92 Å². The summed E-state index contributed by atoms with van der Waals surface area (Å²) in [5.74, 6) is -0.932. The number of hydrogen-bond acceptors (Lipinski definition) is 6. The molecule has 0 heterocycles. The number of ether oxygens (including phenoxy) is 4. The molecule has 0 radical (unpaired) electrons. The van der Waals surface area contributed by atoms with Crippen LogP contribution in [0.1, 0.15) is 33.3 Å². The van der Waals surface area contributed by atoms with Gasteiger partial charge in [-0.15, -0.1) is 0 Å². The zero-order valence-corrected chi connectivity index (χ0v) is 14.8. The highest BCUT2D eigenvalue weighted by molar-refractivity contribution is 5.95. The minimum absolute atomic E-state index is 0.185. The zero-order valence-electron chi connectivity index (χ0n) is 14.8. The van der Waals surface area contributed by atoms with Crippen molar-refractivity contribution < 1.29 is 28.5 Å². The molecule has 0 bridgehead atoms. The highest BCUT2D eigenvalue weighted by atomic mass is 16.6. The van der Waals surface area contributed by atoms with Crippen molar-refractivity contribution in [3.05, 3.63) is 23.8 Å². The van der Waals surface area contributed by atoms with E-state index in [2.05, 4.69) is 0 Å². The van der Waals surface area contributed by atoms with Crippen molar-refractivity contribution in [2.24, 2.45) is 5.92 Å². The molecule has 134 valence electrons. The minimum atomic E-state index is -0.989. The molecular weight excluding hydrogens is 312 g/mol. The molecule has 0 aliphatic carbocycles. The van der Waals surface area contributed by atoms with Crippen LogP contribution in [0.4, 0.5) is 0 Å². The smallest absolute Gasteiger partial charge is 0.320 e. The Balaban J connectivity index is 3.01. The number of carbonyl (C=O) groups is 2. The lowest BCUT2D eigenvalue weighted by Crippen LogP contribution is -2.30. The number of hydrogen-bond donors (Lipinski definition) is 0. The van der Waals surface area contributed by atoms with E-state index in [-0.39, 0.29) is 19.6 Å². The van der Waals surface area contributed by atoms with Crippen LogP contribution in [0.25, 0.3) is 0 Å². The largest absolute Gasteiger partial charge is 0.490 e. The molecule has 0 aliphatic rings. The van der Waals surface area contributed by atoms with Gasteiger partial charge in [0.05, 0.1) is 26.4 Å². The highest BCUT2D eigenvalue weighted by Crippen LogP contribution is 2.29. The summed E-state index contributed by atoms with van der Waals surface area (Å²) in [5, 5.41) is 0. The third-order valence-corrected chi connectivity index (χ3v) is 3.19. The Morgan fingerprint density at radius 3 is 1.88 bits per heavy atom. The van der Waals surface area contributed by atoms with Gasteiger partial charge in [-0.1, -0.05) is 6.07 Å². The molecule has 0 amide bonds. The Hall–Kier alpha value is -2.24. The molecule has 0 spiro atoms. The van der Waals surface area contributed by atoms with Gasteiger partial charge in [-0.3, -0.25) is 9.59 Å². The average molecular weight is 338 g/mol. The Labute approximate surface area is 143 Å². The van der Waals surface area contributed by atoms with E-state index in [0.29, 0.717) is 24.7 Å². The molecule has 0 unspecified atom stereocenters. The van der Waals surface area contributed by atoms with E-state index in [1.807, 2.05) is 13.8 Å². The topological polar surface area (TPSA) is 71.1 Å².